The summed E-state index contributed by atoms with van der Waals surface area (Å²) in [4.78, 5) is 0. The van der Waals surface area contributed by atoms with Crippen molar-refractivity contribution < 1.29 is 0 Å². The third-order valence-electron chi connectivity index (χ3n) is 1.37. The van der Waals surface area contributed by atoms with Gasteiger partial charge in [-0.05, 0) is 19.4 Å². The molecule has 0 amide bonds. The lowest BCUT2D eigenvalue weighted by Gasteiger charge is -1.85. The van der Waals surface area contributed by atoms with Gasteiger partial charge in [-0.15, -0.1) is 0 Å². The lowest BCUT2D eigenvalue weighted by atomic mass is 10.2. The van der Waals surface area contributed by atoms with Crippen LogP contribution < -0.4 is 0 Å². The highest BCUT2D eigenvalue weighted by Crippen LogP contribution is 2.08. The predicted octanol–water partition coefficient (Wildman–Crippen LogP) is 3.37. The van der Waals surface area contributed by atoms with Crippen LogP contribution in [0.4, 0.5) is 0 Å². The van der Waals surface area contributed by atoms with Gasteiger partial charge in [0.25, 0.3) is 0 Å². The van der Waals surface area contributed by atoms with Gasteiger partial charge in [-0.2, -0.15) is 5.26 Å². The lowest BCUT2D eigenvalue weighted by molar-refractivity contribution is 1.37. The summed E-state index contributed by atoms with van der Waals surface area (Å²) in [6.45, 7) is 5.99. The van der Waals surface area contributed by atoms with E-state index >= 15 is 0 Å². The number of allylic oxidation sites excluding steroid dienone is 6. The van der Waals surface area contributed by atoms with E-state index in [1.54, 1.807) is 0 Å². The molecule has 0 heterocycles. The average molecular weight is 161 g/mol. The molecule has 0 saturated heterocycles. The van der Waals surface area contributed by atoms with Gasteiger partial charge >= 0.3 is 0 Å². The molecule has 1 aliphatic carbocycles. The fraction of sp³-hybridized carbons (Fsp3) is 0.364. The standard InChI is InChI=1S/C9H9N.C2H6/c1-8-4-2-3-5-9(6-8)7-10;1-2/h2,4-6H,3H2,1H3;1-2H3. The number of nitriles is 1. The van der Waals surface area contributed by atoms with Crippen LogP contribution in [0.1, 0.15) is 27.2 Å². The van der Waals surface area contributed by atoms with Gasteiger partial charge in [0.15, 0.2) is 0 Å². The molecule has 1 heteroatoms. The Morgan fingerprint density at radius 2 is 2.08 bits per heavy atom. The topological polar surface area (TPSA) is 23.8 Å². The summed E-state index contributed by atoms with van der Waals surface area (Å²) in [5, 5.41) is 8.54. The molecule has 0 spiro atoms. The molecule has 64 valence electrons. The molecule has 0 aromatic carbocycles. The Labute approximate surface area is 74.7 Å². The zero-order valence-corrected chi connectivity index (χ0v) is 7.96. The van der Waals surface area contributed by atoms with E-state index in [1.165, 1.54) is 0 Å². The van der Waals surface area contributed by atoms with E-state index in [0.29, 0.717) is 0 Å². The van der Waals surface area contributed by atoms with Crippen molar-refractivity contribution in [3.8, 4) is 6.07 Å². The number of rotatable bonds is 0. The zero-order chi connectivity index (χ0) is 9.40. The Morgan fingerprint density at radius 3 is 2.67 bits per heavy atom. The molecular formula is C11H15N. The van der Waals surface area contributed by atoms with Crippen LogP contribution in [0, 0.1) is 11.3 Å². The SMILES string of the molecule is CC.CC1=CC(C#N)=CCC=C1. The van der Waals surface area contributed by atoms with Gasteiger partial charge in [0.05, 0.1) is 6.07 Å². The van der Waals surface area contributed by atoms with Crippen molar-refractivity contribution in [1.29, 1.82) is 5.26 Å². The van der Waals surface area contributed by atoms with Gasteiger partial charge in [0.2, 0.25) is 0 Å². The van der Waals surface area contributed by atoms with E-state index in [-0.39, 0.29) is 0 Å². The minimum absolute atomic E-state index is 0.766. The fourth-order valence-electron chi connectivity index (χ4n) is 0.879. The first-order chi connectivity index (χ1) is 5.83. The van der Waals surface area contributed by atoms with Crippen LogP contribution in [0.3, 0.4) is 0 Å². The molecule has 1 rings (SSSR count). The maximum Gasteiger partial charge on any atom is 0.0988 e. The van der Waals surface area contributed by atoms with Crippen LogP contribution in [0.5, 0.6) is 0 Å². The number of nitrogens with zero attached hydrogens (tertiary/aromatic N) is 1. The predicted molar refractivity (Wildman–Crippen MR) is 52.6 cm³/mol. The molecule has 0 fully saturated rings. The second kappa shape index (κ2) is 6.42. The molecule has 0 N–H and O–H groups in total. The van der Waals surface area contributed by atoms with Gasteiger partial charge in [-0.3, -0.25) is 0 Å². The minimum Gasteiger partial charge on any atom is -0.192 e. The molecule has 0 bridgehead atoms. The average Bonchev–Trinajstić information content (AvgIpc) is 2.33. The first-order valence-corrected chi connectivity index (χ1v) is 4.28. The van der Waals surface area contributed by atoms with Crippen LogP contribution in [-0.2, 0) is 0 Å². The monoisotopic (exact) mass is 161 g/mol. The molecule has 0 radical (unpaired) electrons. The fourth-order valence-corrected chi connectivity index (χ4v) is 0.879. The third-order valence-corrected chi connectivity index (χ3v) is 1.37. The maximum absolute atomic E-state index is 8.54. The van der Waals surface area contributed by atoms with E-state index in [0.717, 1.165) is 17.6 Å². The van der Waals surface area contributed by atoms with Crippen molar-refractivity contribution in [3.63, 3.8) is 0 Å². The first kappa shape index (κ1) is 10.7. The van der Waals surface area contributed by atoms with E-state index in [9.17, 15) is 0 Å². The summed E-state index contributed by atoms with van der Waals surface area (Å²) in [5.41, 5.74) is 1.91. The van der Waals surface area contributed by atoms with Crippen LogP contribution in [0.2, 0.25) is 0 Å². The van der Waals surface area contributed by atoms with Crippen LogP contribution in [0.25, 0.3) is 0 Å². The van der Waals surface area contributed by atoms with Crippen molar-refractivity contribution in [2.24, 2.45) is 0 Å². The molecule has 0 aromatic rings. The van der Waals surface area contributed by atoms with Crippen molar-refractivity contribution in [2.75, 3.05) is 0 Å². The highest BCUT2D eigenvalue weighted by Gasteiger charge is 1.92. The largest absolute Gasteiger partial charge is 0.192 e. The van der Waals surface area contributed by atoms with Gasteiger partial charge in [0, 0.05) is 5.57 Å². The summed E-state index contributed by atoms with van der Waals surface area (Å²) in [6, 6.07) is 2.12. The molecule has 0 aromatic heterocycles. The summed E-state index contributed by atoms with van der Waals surface area (Å²) in [7, 11) is 0. The number of hydrogen-bond donors (Lipinski definition) is 0. The van der Waals surface area contributed by atoms with E-state index < -0.39 is 0 Å². The summed E-state index contributed by atoms with van der Waals surface area (Å²) in [6.07, 6.45) is 8.77. The first-order valence-electron chi connectivity index (χ1n) is 4.28. The van der Waals surface area contributed by atoms with E-state index in [1.807, 2.05) is 39.0 Å². The summed E-state index contributed by atoms with van der Waals surface area (Å²) >= 11 is 0. The molecule has 1 nitrogen and oxygen atoms in total. The summed E-state index contributed by atoms with van der Waals surface area (Å²) in [5.74, 6) is 0. The normalized spacial score (nSPS) is 14.5. The zero-order valence-electron chi connectivity index (χ0n) is 7.96. The Kier molecular flexibility index (Phi) is 5.73. The molecule has 0 atom stereocenters. The quantitative estimate of drug-likeness (QED) is 0.534. The lowest BCUT2D eigenvalue weighted by Crippen LogP contribution is -1.70. The van der Waals surface area contributed by atoms with Gasteiger partial charge in [-0.25, -0.2) is 0 Å². The van der Waals surface area contributed by atoms with Gasteiger partial charge in [-0.1, -0.05) is 37.6 Å². The second-order valence-corrected chi connectivity index (χ2v) is 2.30. The number of hydrogen-bond acceptors (Lipinski definition) is 1. The Bertz CT molecular complexity index is 249. The third kappa shape index (κ3) is 3.78. The Morgan fingerprint density at radius 1 is 1.42 bits per heavy atom. The van der Waals surface area contributed by atoms with Crippen molar-refractivity contribution in [2.45, 2.75) is 27.2 Å². The van der Waals surface area contributed by atoms with Crippen molar-refractivity contribution in [3.05, 3.63) is 35.5 Å². The smallest absolute Gasteiger partial charge is 0.0988 e. The molecule has 0 unspecified atom stereocenters. The Hall–Kier alpha value is -1.29. The highest BCUT2D eigenvalue weighted by molar-refractivity contribution is 5.40. The molecule has 0 saturated carbocycles. The van der Waals surface area contributed by atoms with Gasteiger partial charge in [0.1, 0.15) is 0 Å². The van der Waals surface area contributed by atoms with E-state index in [4.69, 9.17) is 5.26 Å². The second-order valence-electron chi connectivity index (χ2n) is 2.30. The minimum atomic E-state index is 0.766. The van der Waals surface area contributed by atoms with E-state index in [2.05, 4.69) is 12.1 Å². The molecule has 12 heavy (non-hydrogen) atoms. The van der Waals surface area contributed by atoms with Crippen LogP contribution in [-0.4, -0.2) is 0 Å². The van der Waals surface area contributed by atoms with Crippen molar-refractivity contribution >= 4 is 0 Å². The van der Waals surface area contributed by atoms with Crippen LogP contribution in [0.15, 0.2) is 35.5 Å². The highest BCUT2D eigenvalue weighted by atomic mass is 14.2. The van der Waals surface area contributed by atoms with Crippen molar-refractivity contribution in [1.82, 2.24) is 0 Å². The van der Waals surface area contributed by atoms with Crippen LogP contribution >= 0.6 is 0 Å². The molecule has 0 aliphatic heterocycles. The van der Waals surface area contributed by atoms with Gasteiger partial charge < -0.3 is 0 Å². The Balaban J connectivity index is 0.000000561. The molecule has 1 aliphatic rings. The summed E-state index contributed by atoms with van der Waals surface area (Å²) < 4.78 is 0. The maximum atomic E-state index is 8.54. The molecular weight excluding hydrogens is 146 g/mol.